The number of rotatable bonds is 2. The first-order valence-electron chi connectivity index (χ1n) is 9.88. The van der Waals surface area contributed by atoms with E-state index in [1.165, 1.54) is 11.9 Å². The Balaban J connectivity index is 1.53. The van der Waals surface area contributed by atoms with E-state index in [2.05, 4.69) is 28.8 Å². The van der Waals surface area contributed by atoms with Crippen molar-refractivity contribution in [3.8, 4) is 0 Å². The van der Waals surface area contributed by atoms with Gasteiger partial charge in [0.1, 0.15) is 23.4 Å². The first-order valence-corrected chi connectivity index (χ1v) is 9.88. The molecule has 5 rings (SSSR count). The van der Waals surface area contributed by atoms with E-state index >= 15 is 0 Å². The lowest BCUT2D eigenvalue weighted by Crippen LogP contribution is -2.53. The van der Waals surface area contributed by atoms with Crippen molar-refractivity contribution in [2.24, 2.45) is 11.3 Å². The summed E-state index contributed by atoms with van der Waals surface area (Å²) in [6.07, 6.45) is 7.05. The molecule has 2 aromatic rings. The third kappa shape index (κ3) is 2.27. The number of imidazole rings is 1. The highest BCUT2D eigenvalue weighted by atomic mass is 16.6. The topological polar surface area (TPSA) is 116 Å². The maximum absolute atomic E-state index is 12.9. The van der Waals surface area contributed by atoms with Crippen LogP contribution in [0.1, 0.15) is 46.0 Å². The first kappa shape index (κ1) is 17.6. The van der Waals surface area contributed by atoms with Crippen LogP contribution in [0.2, 0.25) is 0 Å². The number of nitrogens with two attached hydrogens (primary N) is 1. The number of ether oxygens (including phenoxy) is 1. The number of fused-ring (bicyclic) bond motifs is 4. The zero-order valence-electron chi connectivity index (χ0n) is 16.2. The van der Waals surface area contributed by atoms with Crippen molar-refractivity contribution in [1.29, 1.82) is 0 Å². The highest BCUT2D eigenvalue weighted by Gasteiger charge is 2.63. The quantitative estimate of drug-likeness (QED) is 0.602. The minimum Gasteiger partial charge on any atom is -0.454 e. The molecule has 28 heavy (non-hydrogen) atoms. The number of anilines is 1. The molecule has 0 bridgehead atoms. The number of aliphatic hydroxyl groups is 1. The fourth-order valence-electron chi connectivity index (χ4n) is 5.57. The van der Waals surface area contributed by atoms with Crippen LogP contribution in [-0.4, -0.2) is 42.3 Å². The van der Waals surface area contributed by atoms with Crippen molar-refractivity contribution in [1.82, 2.24) is 19.5 Å². The molecule has 1 saturated heterocycles. The Hall–Kier alpha value is -2.48. The Morgan fingerprint density at radius 1 is 1.32 bits per heavy atom. The second-order valence-electron chi connectivity index (χ2n) is 8.80. The molecule has 1 saturated carbocycles. The van der Waals surface area contributed by atoms with Crippen LogP contribution in [0.25, 0.3) is 11.2 Å². The van der Waals surface area contributed by atoms with Gasteiger partial charge in [0.2, 0.25) is 0 Å². The van der Waals surface area contributed by atoms with Crippen LogP contribution in [0.15, 0.2) is 23.8 Å². The van der Waals surface area contributed by atoms with Gasteiger partial charge in [-0.2, -0.15) is 0 Å². The van der Waals surface area contributed by atoms with Gasteiger partial charge in [0.15, 0.2) is 17.6 Å². The van der Waals surface area contributed by atoms with Gasteiger partial charge >= 0.3 is 5.97 Å². The molecule has 3 heterocycles. The molecule has 8 nitrogen and oxygen atoms in total. The molecule has 0 aromatic carbocycles. The number of nitrogens with zero attached hydrogens (tertiary/aromatic N) is 4. The lowest BCUT2D eigenvalue weighted by molar-refractivity contribution is -0.144. The molecule has 0 radical (unpaired) electrons. The van der Waals surface area contributed by atoms with Gasteiger partial charge in [0.05, 0.1) is 6.33 Å². The van der Waals surface area contributed by atoms with E-state index in [1.807, 2.05) is 0 Å². The van der Waals surface area contributed by atoms with Gasteiger partial charge < -0.3 is 20.1 Å². The fraction of sp³-hybridized carbons (Fsp3) is 0.600. The predicted octanol–water partition coefficient (Wildman–Crippen LogP) is 1.98. The summed E-state index contributed by atoms with van der Waals surface area (Å²) in [4.78, 5) is 25.3. The molecule has 1 aliphatic heterocycles. The SMILES string of the molecule is CC1=C2C3OC(=O)C(Cn4cnc5c(N)ncnc54)[C@]3(O)CC[C@@]2(C)CCC1. The molecule has 3 N–H and O–H groups in total. The first-order chi connectivity index (χ1) is 13.3. The van der Waals surface area contributed by atoms with Crippen LogP contribution in [0, 0.1) is 11.3 Å². The second-order valence-corrected chi connectivity index (χ2v) is 8.80. The number of esters is 1. The molecule has 0 amide bonds. The average Bonchev–Trinajstić information content (AvgIpc) is 3.17. The van der Waals surface area contributed by atoms with Gasteiger partial charge in [-0.15, -0.1) is 0 Å². The van der Waals surface area contributed by atoms with Crippen LogP contribution < -0.4 is 5.73 Å². The molecule has 8 heteroatoms. The van der Waals surface area contributed by atoms with Crippen molar-refractivity contribution in [2.75, 3.05) is 5.73 Å². The summed E-state index contributed by atoms with van der Waals surface area (Å²) in [6, 6.07) is 0. The highest BCUT2D eigenvalue weighted by molar-refractivity contribution is 5.82. The standard InChI is InChI=1S/C20H25N5O3/c1-11-4-3-5-19(2)6-7-20(27)12(18(26)28-15(20)13(11)19)8-25-10-24-14-16(21)22-9-23-17(14)25/h9-10,12,15,27H,3-8H2,1-2H3,(H2,21,22,23)/t12?,15?,19-,20-/m1/s1. The highest BCUT2D eigenvalue weighted by Crippen LogP contribution is 2.57. The van der Waals surface area contributed by atoms with Crippen LogP contribution >= 0.6 is 0 Å². The van der Waals surface area contributed by atoms with Crippen LogP contribution in [-0.2, 0) is 16.1 Å². The summed E-state index contributed by atoms with van der Waals surface area (Å²) in [7, 11) is 0. The molecule has 148 valence electrons. The summed E-state index contributed by atoms with van der Waals surface area (Å²) in [5.41, 5.74) is 8.13. The normalized spacial score (nSPS) is 35.0. The van der Waals surface area contributed by atoms with E-state index in [4.69, 9.17) is 10.5 Å². The number of hydrogen-bond donors (Lipinski definition) is 2. The Kier molecular flexibility index (Phi) is 3.62. The third-order valence-electron chi connectivity index (χ3n) is 7.11. The zero-order valence-corrected chi connectivity index (χ0v) is 16.2. The molecule has 0 spiro atoms. The Labute approximate surface area is 162 Å². The summed E-state index contributed by atoms with van der Waals surface area (Å²) in [5.74, 6) is -0.727. The number of allylic oxidation sites excluding steroid dienone is 1. The van der Waals surface area contributed by atoms with Gasteiger partial charge in [-0.3, -0.25) is 4.79 Å². The maximum atomic E-state index is 12.9. The Morgan fingerprint density at radius 3 is 2.96 bits per heavy atom. The summed E-state index contributed by atoms with van der Waals surface area (Å²) >= 11 is 0. The smallest absolute Gasteiger partial charge is 0.314 e. The van der Waals surface area contributed by atoms with Crippen molar-refractivity contribution in [2.45, 2.75) is 64.2 Å². The van der Waals surface area contributed by atoms with E-state index < -0.39 is 17.6 Å². The van der Waals surface area contributed by atoms with E-state index in [9.17, 15) is 9.90 Å². The Bertz CT molecular complexity index is 1010. The van der Waals surface area contributed by atoms with Crippen molar-refractivity contribution < 1.29 is 14.6 Å². The number of aromatic nitrogens is 4. The van der Waals surface area contributed by atoms with Crippen LogP contribution in [0.4, 0.5) is 5.82 Å². The van der Waals surface area contributed by atoms with Crippen molar-refractivity contribution in [3.05, 3.63) is 23.8 Å². The van der Waals surface area contributed by atoms with Gasteiger partial charge in [0, 0.05) is 6.54 Å². The zero-order chi connectivity index (χ0) is 19.7. The van der Waals surface area contributed by atoms with E-state index in [0.717, 1.165) is 31.3 Å². The summed E-state index contributed by atoms with van der Waals surface area (Å²) in [5, 5.41) is 11.7. The summed E-state index contributed by atoms with van der Waals surface area (Å²) < 4.78 is 7.59. The largest absolute Gasteiger partial charge is 0.454 e. The lowest BCUT2D eigenvalue weighted by Gasteiger charge is -2.49. The van der Waals surface area contributed by atoms with Crippen molar-refractivity contribution >= 4 is 23.0 Å². The molecule has 3 aliphatic rings. The van der Waals surface area contributed by atoms with Gasteiger partial charge in [-0.1, -0.05) is 12.5 Å². The number of carbonyl (C=O) groups is 1. The van der Waals surface area contributed by atoms with Crippen LogP contribution in [0.5, 0.6) is 0 Å². The van der Waals surface area contributed by atoms with Gasteiger partial charge in [-0.25, -0.2) is 15.0 Å². The minimum atomic E-state index is -1.21. The molecule has 2 aliphatic carbocycles. The maximum Gasteiger partial charge on any atom is 0.314 e. The Morgan fingerprint density at radius 2 is 2.14 bits per heavy atom. The van der Waals surface area contributed by atoms with Crippen molar-refractivity contribution in [3.63, 3.8) is 0 Å². The minimum absolute atomic E-state index is 0.0117. The molecule has 4 atom stereocenters. The van der Waals surface area contributed by atoms with E-state index in [1.54, 1.807) is 10.9 Å². The monoisotopic (exact) mass is 383 g/mol. The molecule has 2 unspecified atom stereocenters. The van der Waals surface area contributed by atoms with Gasteiger partial charge in [-0.05, 0) is 50.0 Å². The molecular formula is C20H25N5O3. The number of hydrogen-bond acceptors (Lipinski definition) is 7. The molecular weight excluding hydrogens is 358 g/mol. The summed E-state index contributed by atoms with van der Waals surface area (Å²) in [6.45, 7) is 4.61. The molecule has 2 aromatic heterocycles. The molecule has 2 fully saturated rings. The second kappa shape index (κ2) is 5.76. The number of nitrogen functional groups attached to an aromatic ring is 1. The number of carbonyl (C=O) groups excluding carboxylic acids is 1. The van der Waals surface area contributed by atoms with E-state index in [-0.39, 0.29) is 17.9 Å². The van der Waals surface area contributed by atoms with Crippen LogP contribution in [0.3, 0.4) is 0 Å². The van der Waals surface area contributed by atoms with E-state index in [0.29, 0.717) is 23.4 Å². The predicted molar refractivity (Wildman–Crippen MR) is 102 cm³/mol. The average molecular weight is 383 g/mol. The van der Waals surface area contributed by atoms with Gasteiger partial charge in [0.25, 0.3) is 0 Å². The fourth-order valence-corrected chi connectivity index (χ4v) is 5.57. The third-order valence-corrected chi connectivity index (χ3v) is 7.11. The lowest BCUT2D eigenvalue weighted by atomic mass is 9.58.